The van der Waals surface area contributed by atoms with Gasteiger partial charge in [0, 0.05) is 12.6 Å². The van der Waals surface area contributed by atoms with Gasteiger partial charge in [-0.2, -0.15) is 0 Å². The van der Waals surface area contributed by atoms with E-state index in [0.717, 1.165) is 19.6 Å². The second-order valence-electron chi connectivity index (χ2n) is 3.79. The van der Waals surface area contributed by atoms with Crippen molar-refractivity contribution in [3.8, 4) is 0 Å². The van der Waals surface area contributed by atoms with Gasteiger partial charge in [-0.1, -0.05) is 0 Å². The van der Waals surface area contributed by atoms with E-state index < -0.39 is 0 Å². The number of likely N-dealkylation sites (tertiary alicyclic amines) is 1. The highest BCUT2D eigenvalue weighted by molar-refractivity contribution is 5.85. The van der Waals surface area contributed by atoms with E-state index in [4.69, 9.17) is 4.74 Å². The Balaban J connectivity index is 0.000000845. The molecule has 0 aromatic rings. The number of nitrogens with one attached hydrogen (secondary N) is 1. The lowest BCUT2D eigenvalue weighted by Gasteiger charge is -2.32. The van der Waals surface area contributed by atoms with Crippen molar-refractivity contribution in [2.75, 3.05) is 26.7 Å². The van der Waals surface area contributed by atoms with Crippen LogP contribution in [0.1, 0.15) is 19.3 Å². The first-order valence-corrected chi connectivity index (χ1v) is 4.93. The molecular weight excluding hydrogens is 188 g/mol. The predicted octanol–water partition coefficient (Wildman–Crippen LogP) is 0.838. The van der Waals surface area contributed by atoms with Crippen LogP contribution in [-0.2, 0) is 4.74 Å². The molecule has 2 aliphatic rings. The van der Waals surface area contributed by atoms with Crippen molar-refractivity contribution in [2.45, 2.75) is 31.5 Å². The van der Waals surface area contributed by atoms with Crippen LogP contribution in [0.15, 0.2) is 0 Å². The first-order valence-electron chi connectivity index (χ1n) is 4.93. The second kappa shape index (κ2) is 5.15. The highest BCUT2D eigenvalue weighted by atomic mass is 35.5. The standard InChI is InChI=1S/C9H18N2O.ClH/c1-11-6-2-4-8(11)9-10-5-3-7-12-9;/h8-10H,2-7H2,1H3;1H. The Morgan fingerprint density at radius 3 is 2.77 bits per heavy atom. The topological polar surface area (TPSA) is 24.5 Å². The zero-order chi connectivity index (χ0) is 8.39. The summed E-state index contributed by atoms with van der Waals surface area (Å²) < 4.78 is 5.68. The molecule has 2 unspecified atom stereocenters. The summed E-state index contributed by atoms with van der Waals surface area (Å²) in [5, 5.41) is 3.43. The van der Waals surface area contributed by atoms with Crippen LogP contribution in [0.2, 0.25) is 0 Å². The third-order valence-electron chi connectivity index (χ3n) is 2.89. The number of hydrogen-bond acceptors (Lipinski definition) is 3. The molecule has 0 saturated carbocycles. The van der Waals surface area contributed by atoms with Gasteiger partial charge < -0.3 is 4.74 Å². The minimum Gasteiger partial charge on any atom is -0.362 e. The van der Waals surface area contributed by atoms with Crippen molar-refractivity contribution in [3.05, 3.63) is 0 Å². The van der Waals surface area contributed by atoms with Gasteiger partial charge in [0.25, 0.3) is 0 Å². The summed E-state index contributed by atoms with van der Waals surface area (Å²) >= 11 is 0. The van der Waals surface area contributed by atoms with Crippen molar-refractivity contribution >= 4 is 12.4 Å². The van der Waals surface area contributed by atoms with Gasteiger partial charge in [-0.3, -0.25) is 10.2 Å². The molecule has 2 heterocycles. The largest absolute Gasteiger partial charge is 0.362 e. The molecule has 4 heteroatoms. The molecule has 2 fully saturated rings. The van der Waals surface area contributed by atoms with Crippen LogP contribution in [0.25, 0.3) is 0 Å². The average molecular weight is 207 g/mol. The molecule has 1 N–H and O–H groups in total. The van der Waals surface area contributed by atoms with E-state index in [1.54, 1.807) is 0 Å². The SMILES string of the molecule is CN1CCCC1C1NCCCO1.Cl. The first-order chi connectivity index (χ1) is 5.88. The van der Waals surface area contributed by atoms with E-state index >= 15 is 0 Å². The van der Waals surface area contributed by atoms with Gasteiger partial charge in [-0.25, -0.2) is 0 Å². The fourth-order valence-electron chi connectivity index (χ4n) is 2.15. The summed E-state index contributed by atoms with van der Waals surface area (Å²) in [5.74, 6) is 0. The Labute approximate surface area is 86.2 Å². The monoisotopic (exact) mass is 206 g/mol. The van der Waals surface area contributed by atoms with Crippen LogP contribution in [0, 0.1) is 0 Å². The summed E-state index contributed by atoms with van der Waals surface area (Å²) in [7, 11) is 2.19. The molecule has 78 valence electrons. The first kappa shape index (κ1) is 11.2. The molecule has 0 bridgehead atoms. The summed E-state index contributed by atoms with van der Waals surface area (Å²) in [5.41, 5.74) is 0. The van der Waals surface area contributed by atoms with Gasteiger partial charge >= 0.3 is 0 Å². The molecule has 2 atom stereocenters. The maximum absolute atomic E-state index is 5.68. The molecule has 0 spiro atoms. The van der Waals surface area contributed by atoms with E-state index in [2.05, 4.69) is 17.3 Å². The van der Waals surface area contributed by atoms with E-state index in [1.165, 1.54) is 19.4 Å². The van der Waals surface area contributed by atoms with Crippen LogP contribution in [0.3, 0.4) is 0 Å². The molecule has 0 aromatic carbocycles. The van der Waals surface area contributed by atoms with E-state index in [0.29, 0.717) is 12.3 Å². The third kappa shape index (κ3) is 2.56. The predicted molar refractivity (Wildman–Crippen MR) is 55.3 cm³/mol. The quantitative estimate of drug-likeness (QED) is 0.688. The summed E-state index contributed by atoms with van der Waals surface area (Å²) in [6.07, 6.45) is 4.07. The molecule has 0 aromatic heterocycles. The molecule has 3 nitrogen and oxygen atoms in total. The molecule has 0 aliphatic carbocycles. The fourth-order valence-corrected chi connectivity index (χ4v) is 2.15. The lowest BCUT2D eigenvalue weighted by Crippen LogP contribution is -2.50. The Kier molecular flexibility index (Phi) is 4.46. The van der Waals surface area contributed by atoms with E-state index in [-0.39, 0.29) is 12.4 Å². The van der Waals surface area contributed by atoms with Gasteiger partial charge in [-0.05, 0) is 39.4 Å². The maximum Gasteiger partial charge on any atom is 0.123 e. The lowest BCUT2D eigenvalue weighted by molar-refractivity contribution is -0.0401. The molecular formula is C9H19ClN2O. The van der Waals surface area contributed by atoms with Gasteiger partial charge in [0.05, 0.1) is 0 Å². The zero-order valence-electron chi connectivity index (χ0n) is 8.16. The van der Waals surface area contributed by atoms with Crippen molar-refractivity contribution in [3.63, 3.8) is 0 Å². The molecule has 13 heavy (non-hydrogen) atoms. The van der Waals surface area contributed by atoms with E-state index in [9.17, 15) is 0 Å². The number of ether oxygens (including phenoxy) is 1. The van der Waals surface area contributed by atoms with Gasteiger partial charge in [0.2, 0.25) is 0 Å². The van der Waals surface area contributed by atoms with Gasteiger partial charge in [-0.15, -0.1) is 12.4 Å². The highest BCUT2D eigenvalue weighted by Gasteiger charge is 2.30. The number of halogens is 1. The van der Waals surface area contributed by atoms with Crippen molar-refractivity contribution in [2.24, 2.45) is 0 Å². The smallest absolute Gasteiger partial charge is 0.123 e. The zero-order valence-corrected chi connectivity index (χ0v) is 8.98. The summed E-state index contributed by atoms with van der Waals surface area (Å²) in [6, 6.07) is 0.616. The van der Waals surface area contributed by atoms with Gasteiger partial charge in [0.1, 0.15) is 6.23 Å². The fraction of sp³-hybridized carbons (Fsp3) is 1.00. The second-order valence-corrected chi connectivity index (χ2v) is 3.79. The average Bonchev–Trinajstić information content (AvgIpc) is 2.53. The Hall–Kier alpha value is 0.170. The van der Waals surface area contributed by atoms with Gasteiger partial charge in [0.15, 0.2) is 0 Å². The van der Waals surface area contributed by atoms with Crippen LogP contribution in [0.5, 0.6) is 0 Å². The van der Waals surface area contributed by atoms with Crippen molar-refractivity contribution < 1.29 is 4.74 Å². The maximum atomic E-state index is 5.68. The van der Waals surface area contributed by atoms with E-state index in [1.807, 2.05) is 0 Å². The molecule has 2 rings (SSSR count). The number of nitrogens with zero attached hydrogens (tertiary/aromatic N) is 1. The number of likely N-dealkylation sites (N-methyl/N-ethyl adjacent to an activating group) is 1. The summed E-state index contributed by atoms with van der Waals surface area (Å²) in [4.78, 5) is 2.41. The van der Waals surface area contributed by atoms with Crippen LogP contribution in [0.4, 0.5) is 0 Å². The third-order valence-corrected chi connectivity index (χ3v) is 2.89. The normalized spacial score (nSPS) is 35.8. The minimum atomic E-state index is 0. The lowest BCUT2D eigenvalue weighted by atomic mass is 10.2. The molecule has 2 aliphatic heterocycles. The Bertz CT molecular complexity index is 151. The summed E-state index contributed by atoms with van der Waals surface area (Å²) in [6.45, 7) is 3.28. The Morgan fingerprint density at radius 2 is 2.23 bits per heavy atom. The molecule has 0 amide bonds. The minimum absolute atomic E-state index is 0. The van der Waals surface area contributed by atoms with Crippen molar-refractivity contribution in [1.82, 2.24) is 10.2 Å². The number of hydrogen-bond donors (Lipinski definition) is 1. The highest BCUT2D eigenvalue weighted by Crippen LogP contribution is 2.19. The van der Waals surface area contributed by atoms with Crippen LogP contribution in [-0.4, -0.2) is 43.9 Å². The molecule has 2 saturated heterocycles. The van der Waals surface area contributed by atoms with Crippen LogP contribution < -0.4 is 5.32 Å². The van der Waals surface area contributed by atoms with Crippen LogP contribution >= 0.6 is 12.4 Å². The number of rotatable bonds is 1. The Morgan fingerprint density at radius 1 is 1.38 bits per heavy atom. The molecule has 0 radical (unpaired) electrons. The van der Waals surface area contributed by atoms with Crippen molar-refractivity contribution in [1.29, 1.82) is 0 Å².